The summed E-state index contributed by atoms with van der Waals surface area (Å²) in [6.45, 7) is 0.944. The van der Waals surface area contributed by atoms with Gasteiger partial charge < -0.3 is 47.8 Å². The van der Waals surface area contributed by atoms with Crippen molar-refractivity contribution in [1.82, 2.24) is 0 Å². The molecule has 4 rings (SSSR count). The van der Waals surface area contributed by atoms with Crippen LogP contribution in [0.2, 0.25) is 0 Å². The molecular formula is C22H26INO5. The minimum absolute atomic E-state index is 0. The molecule has 156 valence electrons. The van der Waals surface area contributed by atoms with Gasteiger partial charge in [-0.2, -0.15) is 0 Å². The second-order valence-electron chi connectivity index (χ2n) is 7.94. The van der Waals surface area contributed by atoms with E-state index in [1.54, 1.807) is 31.4 Å². The standard InChI is InChI=1S/C22H26NO5.HI/c1-23(2)9-8-15-10-20-22(28-13-27-20)17(12-24)21(15)18(23)11-19(25)14-4-6-16(26-3)7-5-14;/h4-7,10,18,24H,8-9,11-13H2,1-3H3;1H/q+1;/p-1. The van der Waals surface area contributed by atoms with E-state index in [9.17, 15) is 9.90 Å². The molecule has 1 N–H and O–H groups in total. The van der Waals surface area contributed by atoms with Crippen molar-refractivity contribution in [2.75, 3.05) is 34.5 Å². The number of ketones is 1. The number of hydrogen-bond donors (Lipinski definition) is 1. The summed E-state index contributed by atoms with van der Waals surface area (Å²) < 4.78 is 17.0. The number of methoxy groups -OCH3 is 1. The van der Waals surface area contributed by atoms with E-state index in [4.69, 9.17) is 14.2 Å². The fourth-order valence-corrected chi connectivity index (χ4v) is 4.30. The third-order valence-electron chi connectivity index (χ3n) is 5.98. The molecule has 2 heterocycles. The Balaban J connectivity index is 0.00000240. The molecule has 0 radical (unpaired) electrons. The molecule has 29 heavy (non-hydrogen) atoms. The molecule has 0 spiro atoms. The molecule has 6 nitrogen and oxygen atoms in total. The number of Topliss-reactive ketones (excluding diaryl/α,β-unsaturated/α-hetero) is 1. The van der Waals surface area contributed by atoms with Crippen LogP contribution in [0.4, 0.5) is 0 Å². The van der Waals surface area contributed by atoms with E-state index >= 15 is 0 Å². The van der Waals surface area contributed by atoms with Gasteiger partial charge in [-0.05, 0) is 35.9 Å². The van der Waals surface area contributed by atoms with Crippen LogP contribution in [0.3, 0.4) is 0 Å². The normalized spacial score (nSPS) is 18.6. The number of carbonyl (C=O) groups is 1. The molecular weight excluding hydrogens is 485 g/mol. The lowest BCUT2D eigenvalue weighted by atomic mass is 9.83. The van der Waals surface area contributed by atoms with Crippen molar-refractivity contribution < 1.29 is 52.6 Å². The number of rotatable bonds is 5. The lowest BCUT2D eigenvalue weighted by molar-refractivity contribution is -0.922. The highest BCUT2D eigenvalue weighted by Crippen LogP contribution is 2.47. The zero-order valence-corrected chi connectivity index (χ0v) is 19.1. The highest BCUT2D eigenvalue weighted by atomic mass is 127. The van der Waals surface area contributed by atoms with Crippen molar-refractivity contribution in [3.63, 3.8) is 0 Å². The first-order valence-electron chi connectivity index (χ1n) is 9.49. The van der Waals surface area contributed by atoms with Gasteiger partial charge in [0.05, 0.1) is 40.8 Å². The quantitative estimate of drug-likeness (QED) is 0.345. The molecule has 0 fully saturated rings. The molecule has 0 bridgehead atoms. The topological polar surface area (TPSA) is 65.0 Å². The predicted molar refractivity (Wildman–Crippen MR) is 104 cm³/mol. The number of ether oxygens (including phenoxy) is 3. The maximum absolute atomic E-state index is 13.1. The van der Waals surface area contributed by atoms with Crippen molar-refractivity contribution in [3.05, 3.63) is 52.6 Å². The average Bonchev–Trinajstić information content (AvgIpc) is 3.16. The van der Waals surface area contributed by atoms with E-state index in [-0.39, 0.29) is 49.2 Å². The fraction of sp³-hybridized carbons (Fsp3) is 0.409. The predicted octanol–water partition coefficient (Wildman–Crippen LogP) is -0.133. The van der Waals surface area contributed by atoms with Gasteiger partial charge in [0.25, 0.3) is 0 Å². The molecule has 7 heteroatoms. The van der Waals surface area contributed by atoms with Gasteiger partial charge in [0.1, 0.15) is 11.8 Å². The smallest absolute Gasteiger partial charge is 0.231 e. The van der Waals surface area contributed by atoms with E-state index in [0.29, 0.717) is 28.0 Å². The summed E-state index contributed by atoms with van der Waals surface area (Å²) in [6.07, 6.45) is 1.23. The van der Waals surface area contributed by atoms with E-state index in [0.717, 1.165) is 35.4 Å². The second kappa shape index (κ2) is 8.49. The van der Waals surface area contributed by atoms with E-state index in [1.165, 1.54) is 0 Å². The van der Waals surface area contributed by atoms with E-state index in [2.05, 4.69) is 14.1 Å². The first-order valence-corrected chi connectivity index (χ1v) is 9.49. The van der Waals surface area contributed by atoms with Crippen LogP contribution in [0.15, 0.2) is 30.3 Å². The molecule has 0 saturated heterocycles. The molecule has 0 aromatic heterocycles. The molecule has 1 unspecified atom stereocenters. The van der Waals surface area contributed by atoms with Gasteiger partial charge in [0.15, 0.2) is 17.3 Å². The highest BCUT2D eigenvalue weighted by Gasteiger charge is 2.41. The van der Waals surface area contributed by atoms with Gasteiger partial charge >= 0.3 is 0 Å². The van der Waals surface area contributed by atoms with E-state index < -0.39 is 0 Å². The number of hydrogen-bond acceptors (Lipinski definition) is 5. The molecule has 2 aliphatic heterocycles. The van der Waals surface area contributed by atoms with Gasteiger partial charge in [-0.15, -0.1) is 0 Å². The fourth-order valence-electron chi connectivity index (χ4n) is 4.30. The summed E-state index contributed by atoms with van der Waals surface area (Å²) in [5.74, 6) is 2.11. The van der Waals surface area contributed by atoms with E-state index in [1.807, 2.05) is 6.07 Å². The summed E-state index contributed by atoms with van der Waals surface area (Å²) in [5, 5.41) is 10.1. The number of benzene rings is 2. The largest absolute Gasteiger partial charge is 1.00 e. The Morgan fingerprint density at radius 3 is 2.62 bits per heavy atom. The minimum atomic E-state index is -0.137. The molecule has 0 amide bonds. The summed E-state index contributed by atoms with van der Waals surface area (Å²) in [5.41, 5.74) is 3.59. The van der Waals surface area contributed by atoms with Crippen LogP contribution in [0.1, 0.15) is 39.5 Å². The molecule has 0 saturated carbocycles. The Morgan fingerprint density at radius 1 is 1.24 bits per heavy atom. The van der Waals surface area contributed by atoms with Crippen molar-refractivity contribution in [2.45, 2.75) is 25.5 Å². The van der Waals surface area contributed by atoms with Crippen molar-refractivity contribution >= 4 is 5.78 Å². The Morgan fingerprint density at radius 2 is 1.97 bits per heavy atom. The van der Waals surface area contributed by atoms with Crippen molar-refractivity contribution in [3.8, 4) is 17.2 Å². The summed E-state index contributed by atoms with van der Waals surface area (Å²) in [6, 6.07) is 9.17. The zero-order chi connectivity index (χ0) is 19.9. The third kappa shape index (κ3) is 3.95. The Labute approximate surface area is 188 Å². The first-order chi connectivity index (χ1) is 13.4. The molecule has 2 aromatic rings. The second-order valence-corrected chi connectivity index (χ2v) is 7.94. The number of fused-ring (bicyclic) bond motifs is 2. The van der Waals surface area contributed by atoms with Crippen LogP contribution in [0, 0.1) is 0 Å². The van der Waals surface area contributed by atoms with Crippen LogP contribution in [0.25, 0.3) is 0 Å². The number of halogens is 1. The maximum atomic E-state index is 13.1. The summed E-state index contributed by atoms with van der Waals surface area (Å²) in [7, 11) is 5.89. The highest BCUT2D eigenvalue weighted by molar-refractivity contribution is 5.96. The van der Waals surface area contributed by atoms with Gasteiger partial charge in [-0.3, -0.25) is 4.79 Å². The SMILES string of the molecule is COc1ccc(C(=O)CC2c3c(cc4c(c3CO)OCO4)CC[N+]2(C)C)cc1.[I-]. The Bertz CT molecular complexity index is 910. The number of nitrogens with zero attached hydrogens (tertiary/aromatic N) is 1. The lowest BCUT2D eigenvalue weighted by Gasteiger charge is -2.43. The van der Waals surface area contributed by atoms with Crippen LogP contribution < -0.4 is 38.2 Å². The number of carbonyl (C=O) groups excluding carboxylic acids is 1. The average molecular weight is 511 g/mol. The molecule has 1 atom stereocenters. The monoisotopic (exact) mass is 511 g/mol. The number of aliphatic hydroxyl groups is 1. The molecule has 2 aliphatic rings. The third-order valence-corrected chi connectivity index (χ3v) is 5.98. The Kier molecular flexibility index (Phi) is 6.40. The van der Waals surface area contributed by atoms with Crippen molar-refractivity contribution in [2.24, 2.45) is 0 Å². The van der Waals surface area contributed by atoms with Crippen molar-refractivity contribution in [1.29, 1.82) is 0 Å². The van der Waals surface area contributed by atoms with Crippen LogP contribution in [-0.2, 0) is 13.0 Å². The number of likely N-dealkylation sites (N-methyl/N-ethyl adjacent to an activating group) is 1. The first kappa shape index (κ1) is 21.9. The maximum Gasteiger partial charge on any atom is 0.231 e. The zero-order valence-electron chi connectivity index (χ0n) is 16.9. The van der Waals surface area contributed by atoms with Crippen LogP contribution in [-0.4, -0.2) is 49.9 Å². The number of aliphatic hydroxyl groups excluding tert-OH is 1. The van der Waals surface area contributed by atoms with Gasteiger partial charge in [-0.1, -0.05) is 0 Å². The van der Waals surface area contributed by atoms with Gasteiger partial charge in [0.2, 0.25) is 6.79 Å². The van der Waals surface area contributed by atoms with Gasteiger partial charge in [0, 0.05) is 23.1 Å². The van der Waals surface area contributed by atoms with Crippen LogP contribution >= 0.6 is 0 Å². The number of quaternary nitrogens is 1. The minimum Gasteiger partial charge on any atom is -1.00 e. The lowest BCUT2D eigenvalue weighted by Crippen LogP contribution is -3.00. The molecule has 2 aromatic carbocycles. The summed E-state index contributed by atoms with van der Waals surface area (Å²) >= 11 is 0. The van der Waals surface area contributed by atoms with Gasteiger partial charge in [-0.25, -0.2) is 0 Å². The van der Waals surface area contributed by atoms with Crippen LogP contribution in [0.5, 0.6) is 17.2 Å². The molecule has 0 aliphatic carbocycles. The summed E-state index contributed by atoms with van der Waals surface area (Å²) in [4.78, 5) is 13.1. The Hall–Kier alpha value is -1.84.